The molecule has 16 heavy (non-hydrogen) atoms. The number of carbonyl (C=O) groups is 1. The molecule has 1 aromatic heterocycles. The van der Waals surface area contributed by atoms with E-state index in [1.807, 2.05) is 0 Å². The lowest BCUT2D eigenvalue weighted by Crippen LogP contribution is -2.04. The maximum Gasteiger partial charge on any atom is 0.203 e. The number of Topliss-reactive ketones (excluding diaryl/α,β-unsaturated/α-hetero) is 1. The van der Waals surface area contributed by atoms with E-state index in [2.05, 4.69) is 15.9 Å². The molecule has 0 N–H and O–H groups in total. The van der Waals surface area contributed by atoms with Gasteiger partial charge in [-0.2, -0.15) is 0 Å². The van der Waals surface area contributed by atoms with Crippen molar-refractivity contribution >= 4 is 21.7 Å². The molecule has 0 aliphatic rings. The topological polar surface area (TPSA) is 30.2 Å². The molecule has 2 nitrogen and oxygen atoms in total. The van der Waals surface area contributed by atoms with Crippen LogP contribution in [-0.4, -0.2) is 5.78 Å². The van der Waals surface area contributed by atoms with Crippen LogP contribution in [-0.2, 0) is 6.42 Å². The van der Waals surface area contributed by atoms with Crippen molar-refractivity contribution in [3.63, 3.8) is 0 Å². The second-order valence-electron chi connectivity index (χ2n) is 3.29. The van der Waals surface area contributed by atoms with Gasteiger partial charge in [0.25, 0.3) is 0 Å². The number of halogens is 2. The van der Waals surface area contributed by atoms with Crippen molar-refractivity contribution in [1.29, 1.82) is 0 Å². The second-order valence-corrected chi connectivity index (χ2v) is 4.14. The monoisotopic (exact) mass is 282 g/mol. The van der Waals surface area contributed by atoms with Crippen molar-refractivity contribution in [2.24, 2.45) is 0 Å². The summed E-state index contributed by atoms with van der Waals surface area (Å²) in [4.78, 5) is 11.8. The minimum absolute atomic E-state index is 0.00120. The molecule has 2 aromatic rings. The smallest absolute Gasteiger partial charge is 0.203 e. The molecule has 0 fully saturated rings. The summed E-state index contributed by atoms with van der Waals surface area (Å²) in [6, 6.07) is 7.84. The lowest BCUT2D eigenvalue weighted by molar-refractivity contribution is 0.0964. The Balaban J connectivity index is 2.21. The van der Waals surface area contributed by atoms with Crippen LogP contribution in [0.2, 0.25) is 0 Å². The molecule has 0 saturated carbocycles. The Bertz CT molecular complexity index is 519. The van der Waals surface area contributed by atoms with Gasteiger partial charge in [-0.1, -0.05) is 18.2 Å². The van der Waals surface area contributed by atoms with Gasteiger partial charge in [0, 0.05) is 6.42 Å². The van der Waals surface area contributed by atoms with E-state index >= 15 is 0 Å². The number of hydrogen-bond acceptors (Lipinski definition) is 2. The fourth-order valence-electron chi connectivity index (χ4n) is 1.39. The van der Waals surface area contributed by atoms with Crippen LogP contribution in [0.3, 0.4) is 0 Å². The maximum atomic E-state index is 13.3. The molecule has 0 unspecified atom stereocenters. The molecule has 1 heterocycles. The lowest BCUT2D eigenvalue weighted by atomic mass is 10.1. The average Bonchev–Trinajstić information content (AvgIpc) is 2.68. The molecule has 2 rings (SSSR count). The highest BCUT2D eigenvalue weighted by atomic mass is 79.9. The summed E-state index contributed by atoms with van der Waals surface area (Å²) in [7, 11) is 0. The molecule has 0 spiro atoms. The van der Waals surface area contributed by atoms with Crippen molar-refractivity contribution in [2.45, 2.75) is 6.42 Å². The van der Waals surface area contributed by atoms with E-state index in [0.29, 0.717) is 10.0 Å². The van der Waals surface area contributed by atoms with Gasteiger partial charge in [0.2, 0.25) is 5.78 Å². The first-order valence-electron chi connectivity index (χ1n) is 4.68. The summed E-state index contributed by atoms with van der Waals surface area (Å²) in [6.45, 7) is 0. The van der Waals surface area contributed by atoms with Crippen LogP contribution in [0.15, 0.2) is 45.5 Å². The molecule has 0 saturated heterocycles. The van der Waals surface area contributed by atoms with Crippen molar-refractivity contribution in [1.82, 2.24) is 0 Å². The van der Waals surface area contributed by atoms with E-state index < -0.39 is 0 Å². The summed E-state index contributed by atoms with van der Waals surface area (Å²) in [5, 5.41) is 0. The minimum atomic E-state index is -0.376. The van der Waals surface area contributed by atoms with Crippen LogP contribution >= 0.6 is 15.9 Å². The molecule has 0 aliphatic heterocycles. The number of rotatable bonds is 3. The SMILES string of the molecule is O=C(Cc1ccccc1F)c1occc1Br. The number of hydrogen-bond donors (Lipinski definition) is 0. The summed E-state index contributed by atoms with van der Waals surface area (Å²) in [6.07, 6.45) is 1.41. The Morgan fingerprint density at radius 2 is 2.06 bits per heavy atom. The van der Waals surface area contributed by atoms with Crippen LogP contribution in [0.5, 0.6) is 0 Å². The van der Waals surface area contributed by atoms with E-state index in [0.717, 1.165) is 0 Å². The van der Waals surface area contributed by atoms with E-state index in [1.54, 1.807) is 24.3 Å². The Morgan fingerprint density at radius 1 is 1.31 bits per heavy atom. The first-order valence-corrected chi connectivity index (χ1v) is 5.47. The van der Waals surface area contributed by atoms with E-state index in [4.69, 9.17) is 4.42 Å². The third kappa shape index (κ3) is 2.22. The lowest BCUT2D eigenvalue weighted by Gasteiger charge is -2.00. The van der Waals surface area contributed by atoms with Gasteiger partial charge in [0.1, 0.15) is 5.82 Å². The Morgan fingerprint density at radius 3 is 2.69 bits per heavy atom. The molecule has 82 valence electrons. The van der Waals surface area contributed by atoms with Gasteiger partial charge in [0.15, 0.2) is 5.76 Å². The van der Waals surface area contributed by atoms with Gasteiger partial charge in [-0.3, -0.25) is 4.79 Å². The quantitative estimate of drug-likeness (QED) is 0.805. The average molecular weight is 283 g/mol. The number of benzene rings is 1. The molecule has 4 heteroatoms. The zero-order chi connectivity index (χ0) is 11.5. The van der Waals surface area contributed by atoms with Gasteiger partial charge in [0.05, 0.1) is 10.7 Å². The summed E-state index contributed by atoms with van der Waals surface area (Å²) in [5.74, 6) is -0.399. The number of carbonyl (C=O) groups excluding carboxylic acids is 1. The zero-order valence-electron chi connectivity index (χ0n) is 8.24. The minimum Gasteiger partial charge on any atom is -0.460 e. The van der Waals surface area contributed by atoms with Gasteiger partial charge in [-0.15, -0.1) is 0 Å². The van der Waals surface area contributed by atoms with Crippen LogP contribution in [0.4, 0.5) is 4.39 Å². The standard InChI is InChI=1S/C12H8BrFO2/c13-9-5-6-16-12(9)11(15)7-8-3-1-2-4-10(8)14/h1-6H,7H2. The number of furan rings is 1. The maximum absolute atomic E-state index is 13.3. The van der Waals surface area contributed by atoms with Crippen molar-refractivity contribution in [2.75, 3.05) is 0 Å². The third-order valence-electron chi connectivity index (χ3n) is 2.18. The Kier molecular flexibility index (Phi) is 3.19. The van der Waals surface area contributed by atoms with Crippen molar-refractivity contribution in [3.05, 3.63) is 58.2 Å². The van der Waals surface area contributed by atoms with Crippen LogP contribution in [0, 0.1) is 5.82 Å². The molecule has 1 aromatic carbocycles. The first kappa shape index (κ1) is 11.1. The summed E-state index contributed by atoms with van der Waals surface area (Å²) >= 11 is 3.19. The van der Waals surface area contributed by atoms with Crippen molar-refractivity contribution in [3.8, 4) is 0 Å². The van der Waals surface area contributed by atoms with Gasteiger partial charge in [-0.25, -0.2) is 4.39 Å². The highest BCUT2D eigenvalue weighted by Gasteiger charge is 2.15. The van der Waals surface area contributed by atoms with Gasteiger partial charge in [-0.05, 0) is 33.6 Å². The fraction of sp³-hybridized carbons (Fsp3) is 0.0833. The molecule has 0 amide bonds. The molecule has 0 radical (unpaired) electrons. The first-order chi connectivity index (χ1) is 7.68. The predicted molar refractivity (Wildman–Crippen MR) is 60.8 cm³/mol. The third-order valence-corrected chi connectivity index (χ3v) is 2.80. The molecular formula is C12H8BrFO2. The molecule has 0 aliphatic carbocycles. The molecular weight excluding hydrogens is 275 g/mol. The van der Waals surface area contributed by atoms with Gasteiger partial charge < -0.3 is 4.42 Å². The largest absolute Gasteiger partial charge is 0.460 e. The van der Waals surface area contributed by atoms with E-state index in [1.165, 1.54) is 12.3 Å². The second kappa shape index (κ2) is 4.61. The predicted octanol–water partition coefficient (Wildman–Crippen LogP) is 3.61. The molecule has 0 bridgehead atoms. The van der Waals surface area contributed by atoms with E-state index in [-0.39, 0.29) is 23.8 Å². The van der Waals surface area contributed by atoms with E-state index in [9.17, 15) is 9.18 Å². The normalized spacial score (nSPS) is 10.4. The van der Waals surface area contributed by atoms with Gasteiger partial charge >= 0.3 is 0 Å². The number of ketones is 1. The molecule has 0 atom stereocenters. The van der Waals surface area contributed by atoms with Crippen LogP contribution in [0.25, 0.3) is 0 Å². The zero-order valence-corrected chi connectivity index (χ0v) is 9.83. The Labute approximate surface area is 100 Å². The summed E-state index contributed by atoms with van der Waals surface area (Å²) < 4.78 is 18.9. The highest BCUT2D eigenvalue weighted by Crippen LogP contribution is 2.20. The summed E-state index contributed by atoms with van der Waals surface area (Å²) in [5.41, 5.74) is 0.371. The van der Waals surface area contributed by atoms with Crippen LogP contribution < -0.4 is 0 Å². The van der Waals surface area contributed by atoms with Crippen molar-refractivity contribution < 1.29 is 13.6 Å². The fourth-order valence-corrected chi connectivity index (χ4v) is 1.81. The van der Waals surface area contributed by atoms with Crippen LogP contribution in [0.1, 0.15) is 16.1 Å². The highest BCUT2D eigenvalue weighted by molar-refractivity contribution is 9.10. The Hall–Kier alpha value is -1.42.